The monoisotopic (exact) mass is 220 g/mol. The molecule has 0 saturated heterocycles. The second kappa shape index (κ2) is 4.99. The molecule has 4 heteroatoms. The summed E-state index contributed by atoms with van der Waals surface area (Å²) in [4.78, 5) is 11.5. The molecule has 0 heterocycles. The van der Waals surface area contributed by atoms with Crippen LogP contribution in [0.3, 0.4) is 0 Å². The predicted octanol–water partition coefficient (Wildman–Crippen LogP) is 1.78. The highest BCUT2D eigenvalue weighted by Gasteiger charge is 2.18. The van der Waals surface area contributed by atoms with Gasteiger partial charge in [0.15, 0.2) is 0 Å². The van der Waals surface area contributed by atoms with E-state index in [1.165, 1.54) is 6.42 Å². The van der Waals surface area contributed by atoms with Crippen LogP contribution in [-0.2, 0) is 9.53 Å². The number of amides is 1. The van der Waals surface area contributed by atoms with E-state index >= 15 is 0 Å². The van der Waals surface area contributed by atoms with Gasteiger partial charge in [-0.15, -0.1) is 0 Å². The molecule has 1 aromatic rings. The van der Waals surface area contributed by atoms with Crippen LogP contribution in [0.25, 0.3) is 0 Å². The fourth-order valence-corrected chi connectivity index (χ4v) is 1.53. The van der Waals surface area contributed by atoms with Crippen LogP contribution in [0.1, 0.15) is 19.3 Å². The quantitative estimate of drug-likeness (QED) is 0.760. The van der Waals surface area contributed by atoms with Crippen molar-refractivity contribution in [1.82, 2.24) is 0 Å². The maximum Gasteiger partial charge on any atom is 0.250 e. The largest absolute Gasteiger partial charge is 0.397 e. The van der Waals surface area contributed by atoms with Gasteiger partial charge in [0.2, 0.25) is 5.91 Å². The summed E-state index contributed by atoms with van der Waals surface area (Å²) in [5, 5.41) is 2.72. The Hall–Kier alpha value is -1.55. The minimum absolute atomic E-state index is 0.110. The summed E-state index contributed by atoms with van der Waals surface area (Å²) < 4.78 is 5.40. The Morgan fingerprint density at radius 3 is 2.81 bits per heavy atom. The van der Waals surface area contributed by atoms with Gasteiger partial charge in [-0.1, -0.05) is 12.1 Å². The fraction of sp³-hybridized carbons (Fsp3) is 0.417. The third kappa shape index (κ3) is 2.73. The van der Waals surface area contributed by atoms with Gasteiger partial charge in [0.1, 0.15) is 6.61 Å². The second-order valence-corrected chi connectivity index (χ2v) is 4.00. The van der Waals surface area contributed by atoms with Crippen molar-refractivity contribution in [3.63, 3.8) is 0 Å². The smallest absolute Gasteiger partial charge is 0.250 e. The van der Waals surface area contributed by atoms with Crippen molar-refractivity contribution in [3.05, 3.63) is 24.3 Å². The van der Waals surface area contributed by atoms with E-state index in [4.69, 9.17) is 10.5 Å². The van der Waals surface area contributed by atoms with E-state index in [0.717, 1.165) is 12.8 Å². The Kier molecular flexibility index (Phi) is 3.41. The van der Waals surface area contributed by atoms with Crippen LogP contribution in [-0.4, -0.2) is 18.6 Å². The zero-order chi connectivity index (χ0) is 11.4. The van der Waals surface area contributed by atoms with E-state index in [9.17, 15) is 4.79 Å². The number of para-hydroxylation sites is 2. The topological polar surface area (TPSA) is 64.3 Å². The number of hydrogen-bond donors (Lipinski definition) is 2. The SMILES string of the molecule is Nc1ccccc1NC(=O)COC1CCC1. The summed E-state index contributed by atoms with van der Waals surface area (Å²) in [5.41, 5.74) is 6.92. The summed E-state index contributed by atoms with van der Waals surface area (Å²) >= 11 is 0. The van der Waals surface area contributed by atoms with Gasteiger partial charge in [0.05, 0.1) is 17.5 Å². The van der Waals surface area contributed by atoms with Gasteiger partial charge in [0, 0.05) is 0 Å². The highest BCUT2D eigenvalue weighted by molar-refractivity contribution is 5.94. The maximum atomic E-state index is 11.5. The molecule has 1 saturated carbocycles. The van der Waals surface area contributed by atoms with Crippen molar-refractivity contribution in [1.29, 1.82) is 0 Å². The number of nitrogens with two attached hydrogens (primary N) is 1. The normalized spacial score (nSPS) is 15.5. The number of nitrogen functional groups attached to an aromatic ring is 1. The Labute approximate surface area is 94.8 Å². The fourth-order valence-electron chi connectivity index (χ4n) is 1.53. The first-order chi connectivity index (χ1) is 7.75. The molecule has 86 valence electrons. The molecule has 1 amide bonds. The molecular weight excluding hydrogens is 204 g/mol. The number of hydrogen-bond acceptors (Lipinski definition) is 3. The van der Waals surface area contributed by atoms with Crippen molar-refractivity contribution in [3.8, 4) is 0 Å². The van der Waals surface area contributed by atoms with E-state index in [-0.39, 0.29) is 18.6 Å². The lowest BCUT2D eigenvalue weighted by Gasteiger charge is -2.25. The average Bonchev–Trinajstić information content (AvgIpc) is 2.19. The van der Waals surface area contributed by atoms with E-state index in [1.807, 2.05) is 12.1 Å². The van der Waals surface area contributed by atoms with Gasteiger partial charge >= 0.3 is 0 Å². The molecule has 0 atom stereocenters. The number of rotatable bonds is 4. The first-order valence-corrected chi connectivity index (χ1v) is 5.51. The molecule has 16 heavy (non-hydrogen) atoms. The van der Waals surface area contributed by atoms with E-state index < -0.39 is 0 Å². The van der Waals surface area contributed by atoms with Gasteiger partial charge in [-0.2, -0.15) is 0 Å². The van der Waals surface area contributed by atoms with Crippen LogP contribution in [0.15, 0.2) is 24.3 Å². The number of anilines is 2. The lowest BCUT2D eigenvalue weighted by Crippen LogP contribution is -2.27. The molecule has 1 aliphatic carbocycles. The highest BCUT2D eigenvalue weighted by atomic mass is 16.5. The van der Waals surface area contributed by atoms with Crippen LogP contribution < -0.4 is 11.1 Å². The van der Waals surface area contributed by atoms with Crippen LogP contribution in [0.2, 0.25) is 0 Å². The lowest BCUT2D eigenvalue weighted by molar-refractivity contribution is -0.124. The van der Waals surface area contributed by atoms with Crippen molar-refractivity contribution >= 4 is 17.3 Å². The molecule has 0 aliphatic heterocycles. The summed E-state index contributed by atoms with van der Waals surface area (Å²) in [5.74, 6) is -0.148. The Balaban J connectivity index is 1.80. The van der Waals surface area contributed by atoms with E-state index in [1.54, 1.807) is 12.1 Å². The molecule has 0 radical (unpaired) electrons. The maximum absolute atomic E-state index is 11.5. The average molecular weight is 220 g/mol. The predicted molar refractivity (Wildman–Crippen MR) is 63.1 cm³/mol. The molecule has 1 aliphatic rings. The van der Waals surface area contributed by atoms with E-state index in [2.05, 4.69) is 5.32 Å². The first-order valence-electron chi connectivity index (χ1n) is 5.51. The molecule has 2 rings (SSSR count). The molecule has 1 aromatic carbocycles. The number of carbonyl (C=O) groups is 1. The number of ether oxygens (including phenoxy) is 1. The van der Waals surface area contributed by atoms with Crippen LogP contribution in [0.4, 0.5) is 11.4 Å². The molecule has 0 spiro atoms. The van der Waals surface area contributed by atoms with Gasteiger partial charge in [-0.3, -0.25) is 4.79 Å². The van der Waals surface area contributed by atoms with Gasteiger partial charge in [-0.05, 0) is 31.4 Å². The zero-order valence-corrected chi connectivity index (χ0v) is 9.11. The third-order valence-corrected chi connectivity index (χ3v) is 2.74. The van der Waals surface area contributed by atoms with Crippen molar-refractivity contribution < 1.29 is 9.53 Å². The minimum atomic E-state index is -0.148. The summed E-state index contributed by atoms with van der Waals surface area (Å²) in [7, 11) is 0. The summed E-state index contributed by atoms with van der Waals surface area (Å²) in [6.07, 6.45) is 3.62. The highest BCUT2D eigenvalue weighted by Crippen LogP contribution is 2.22. The minimum Gasteiger partial charge on any atom is -0.397 e. The van der Waals surface area contributed by atoms with Gasteiger partial charge in [-0.25, -0.2) is 0 Å². The van der Waals surface area contributed by atoms with E-state index in [0.29, 0.717) is 11.4 Å². The third-order valence-electron chi connectivity index (χ3n) is 2.74. The Morgan fingerprint density at radius 1 is 1.44 bits per heavy atom. The number of carbonyl (C=O) groups excluding carboxylic acids is 1. The van der Waals surface area contributed by atoms with Crippen molar-refractivity contribution in [2.24, 2.45) is 0 Å². The molecule has 0 aromatic heterocycles. The van der Waals surface area contributed by atoms with Crippen LogP contribution in [0.5, 0.6) is 0 Å². The molecule has 0 unspecified atom stereocenters. The molecule has 3 N–H and O–H groups in total. The van der Waals surface area contributed by atoms with Gasteiger partial charge in [0.25, 0.3) is 0 Å². The Morgan fingerprint density at radius 2 is 2.19 bits per heavy atom. The summed E-state index contributed by atoms with van der Waals surface area (Å²) in [6, 6.07) is 7.19. The van der Waals surface area contributed by atoms with Crippen LogP contribution in [0, 0.1) is 0 Å². The molecule has 4 nitrogen and oxygen atoms in total. The zero-order valence-electron chi connectivity index (χ0n) is 9.11. The molecule has 0 bridgehead atoms. The van der Waals surface area contributed by atoms with Gasteiger partial charge < -0.3 is 15.8 Å². The summed E-state index contributed by atoms with van der Waals surface area (Å²) in [6.45, 7) is 0.110. The second-order valence-electron chi connectivity index (χ2n) is 4.00. The standard InChI is InChI=1S/C12H16N2O2/c13-10-6-1-2-7-11(10)14-12(15)8-16-9-4-3-5-9/h1-2,6-7,9H,3-5,8,13H2,(H,14,15). The number of benzene rings is 1. The van der Waals surface area contributed by atoms with Crippen LogP contribution >= 0.6 is 0 Å². The van der Waals surface area contributed by atoms with Crippen molar-refractivity contribution in [2.45, 2.75) is 25.4 Å². The lowest BCUT2D eigenvalue weighted by atomic mass is 9.96. The first kappa shape index (κ1) is 11.0. The molecular formula is C12H16N2O2. The Bertz CT molecular complexity index is 375. The molecule has 1 fully saturated rings. The number of nitrogens with one attached hydrogen (secondary N) is 1. The van der Waals surface area contributed by atoms with Crippen molar-refractivity contribution in [2.75, 3.05) is 17.7 Å².